The molecule has 0 atom stereocenters. The molecule has 0 N–H and O–H groups in total. The number of benzene rings is 1. The van der Waals surface area contributed by atoms with Crippen molar-refractivity contribution in [3.8, 4) is 11.5 Å². The molecule has 0 radical (unpaired) electrons. The quantitative estimate of drug-likeness (QED) is 0.568. The van der Waals surface area contributed by atoms with Crippen LogP contribution in [0.2, 0.25) is 0 Å². The summed E-state index contributed by atoms with van der Waals surface area (Å²) in [4.78, 5) is 14.9. The monoisotopic (exact) mass is 321 g/mol. The molecule has 0 saturated carbocycles. The molecule has 0 saturated heterocycles. The molecule has 3 heterocycles. The first-order valence-electron chi connectivity index (χ1n) is 7.44. The third kappa shape index (κ3) is 2.58. The maximum Gasteiger partial charge on any atom is 0.247 e. The number of aryl methyl sites for hydroxylation is 1. The molecule has 4 rings (SSSR count). The fourth-order valence-electron chi connectivity index (χ4n) is 2.38. The lowest BCUT2D eigenvalue weighted by Gasteiger charge is -2.14. The minimum absolute atomic E-state index is 0.420. The van der Waals surface area contributed by atoms with Gasteiger partial charge in [0.2, 0.25) is 17.7 Å². The second kappa shape index (κ2) is 5.73. The van der Waals surface area contributed by atoms with Gasteiger partial charge in [-0.25, -0.2) is 9.97 Å². The summed E-state index contributed by atoms with van der Waals surface area (Å²) >= 11 is 0. The molecule has 0 bridgehead atoms. The Bertz CT molecular complexity index is 976. The number of anilines is 1. The van der Waals surface area contributed by atoms with Crippen LogP contribution in [0.25, 0.3) is 22.6 Å². The van der Waals surface area contributed by atoms with Gasteiger partial charge in [0.15, 0.2) is 5.65 Å². The molecule has 8 nitrogen and oxygen atoms in total. The lowest BCUT2D eigenvalue weighted by Crippen LogP contribution is -2.19. The summed E-state index contributed by atoms with van der Waals surface area (Å²) in [5, 5.41) is 8.19. The zero-order chi connectivity index (χ0) is 16.5. The van der Waals surface area contributed by atoms with Gasteiger partial charge in [-0.05, 0) is 12.1 Å². The van der Waals surface area contributed by atoms with Crippen LogP contribution >= 0.6 is 0 Å². The Labute approximate surface area is 137 Å². The standard InChI is InChI=1S/C16H15N7O/c1-22(16-17-8-12-14(19-16)23(2)10-18-12)9-13-20-21-15(24-13)11-6-4-3-5-7-11/h3-8,10H,9H2,1-2H3. The first-order valence-corrected chi connectivity index (χ1v) is 7.44. The molecule has 24 heavy (non-hydrogen) atoms. The molecule has 0 aliphatic rings. The molecular formula is C16H15N7O. The molecular weight excluding hydrogens is 306 g/mol. The van der Waals surface area contributed by atoms with E-state index in [4.69, 9.17) is 4.42 Å². The number of hydrogen-bond donors (Lipinski definition) is 0. The van der Waals surface area contributed by atoms with Crippen LogP contribution in [-0.2, 0) is 13.6 Å². The van der Waals surface area contributed by atoms with E-state index in [1.807, 2.05) is 53.9 Å². The predicted molar refractivity (Wildman–Crippen MR) is 88.1 cm³/mol. The average Bonchev–Trinajstić information content (AvgIpc) is 3.23. The normalized spacial score (nSPS) is 11.1. The zero-order valence-corrected chi connectivity index (χ0v) is 13.3. The van der Waals surface area contributed by atoms with Gasteiger partial charge in [-0.15, -0.1) is 10.2 Å². The highest BCUT2D eigenvalue weighted by Gasteiger charge is 2.13. The van der Waals surface area contributed by atoms with Gasteiger partial charge in [0.05, 0.1) is 19.1 Å². The zero-order valence-electron chi connectivity index (χ0n) is 13.3. The van der Waals surface area contributed by atoms with Crippen LogP contribution in [-0.4, -0.2) is 36.8 Å². The van der Waals surface area contributed by atoms with E-state index >= 15 is 0 Å². The van der Waals surface area contributed by atoms with Gasteiger partial charge >= 0.3 is 0 Å². The third-order valence-corrected chi connectivity index (χ3v) is 3.64. The summed E-state index contributed by atoms with van der Waals surface area (Å²) in [7, 11) is 3.78. The maximum atomic E-state index is 5.72. The molecule has 0 amide bonds. The average molecular weight is 321 g/mol. The minimum atomic E-state index is 0.420. The molecule has 120 valence electrons. The van der Waals surface area contributed by atoms with E-state index in [2.05, 4.69) is 25.1 Å². The molecule has 0 fully saturated rings. The second-order valence-corrected chi connectivity index (χ2v) is 5.46. The van der Waals surface area contributed by atoms with Crippen molar-refractivity contribution in [1.29, 1.82) is 0 Å². The van der Waals surface area contributed by atoms with Crippen molar-refractivity contribution in [3.05, 3.63) is 48.7 Å². The van der Waals surface area contributed by atoms with Crippen LogP contribution in [0.4, 0.5) is 5.95 Å². The van der Waals surface area contributed by atoms with E-state index in [0.717, 1.165) is 16.7 Å². The Hall–Kier alpha value is -3.29. The number of imidazole rings is 1. The second-order valence-electron chi connectivity index (χ2n) is 5.46. The Morgan fingerprint density at radius 3 is 2.79 bits per heavy atom. The van der Waals surface area contributed by atoms with Gasteiger partial charge in [-0.2, -0.15) is 4.98 Å². The fourth-order valence-corrected chi connectivity index (χ4v) is 2.38. The molecule has 4 aromatic rings. The number of fused-ring (bicyclic) bond motifs is 1. The number of hydrogen-bond acceptors (Lipinski definition) is 7. The van der Waals surface area contributed by atoms with Crippen molar-refractivity contribution in [2.75, 3.05) is 11.9 Å². The number of aromatic nitrogens is 6. The topological polar surface area (TPSA) is 85.8 Å². The summed E-state index contributed by atoms with van der Waals surface area (Å²) in [6, 6.07) is 9.67. The Morgan fingerprint density at radius 2 is 1.96 bits per heavy atom. The summed E-state index contributed by atoms with van der Waals surface area (Å²) in [6.07, 6.45) is 3.42. The first-order chi connectivity index (χ1) is 11.7. The van der Waals surface area contributed by atoms with Gasteiger partial charge in [0.25, 0.3) is 0 Å². The van der Waals surface area contributed by atoms with Crippen molar-refractivity contribution in [2.24, 2.45) is 7.05 Å². The van der Waals surface area contributed by atoms with E-state index in [-0.39, 0.29) is 0 Å². The Morgan fingerprint density at radius 1 is 1.12 bits per heavy atom. The summed E-state index contributed by atoms with van der Waals surface area (Å²) in [5.74, 6) is 1.58. The van der Waals surface area contributed by atoms with Gasteiger partial charge in [0.1, 0.15) is 5.52 Å². The van der Waals surface area contributed by atoms with Crippen molar-refractivity contribution in [2.45, 2.75) is 6.54 Å². The predicted octanol–water partition coefficient (Wildman–Crippen LogP) is 2.05. The molecule has 0 spiro atoms. The Balaban J connectivity index is 1.56. The fraction of sp³-hybridized carbons (Fsp3) is 0.188. The number of nitrogens with zero attached hydrogens (tertiary/aromatic N) is 7. The lowest BCUT2D eigenvalue weighted by atomic mass is 10.2. The van der Waals surface area contributed by atoms with Crippen molar-refractivity contribution >= 4 is 17.1 Å². The molecule has 8 heteroatoms. The van der Waals surface area contributed by atoms with Crippen molar-refractivity contribution in [3.63, 3.8) is 0 Å². The van der Waals surface area contributed by atoms with Gasteiger partial charge in [0, 0.05) is 19.7 Å². The largest absolute Gasteiger partial charge is 0.419 e. The van der Waals surface area contributed by atoms with Gasteiger partial charge in [-0.3, -0.25) is 0 Å². The molecule has 0 aliphatic carbocycles. The molecule has 3 aromatic heterocycles. The molecule has 1 aromatic carbocycles. The molecule has 0 unspecified atom stereocenters. The smallest absolute Gasteiger partial charge is 0.247 e. The van der Waals surface area contributed by atoms with E-state index in [1.54, 1.807) is 12.5 Å². The maximum absolute atomic E-state index is 5.72. The van der Waals surface area contributed by atoms with Crippen molar-refractivity contribution in [1.82, 2.24) is 29.7 Å². The van der Waals surface area contributed by atoms with E-state index in [0.29, 0.717) is 24.3 Å². The van der Waals surface area contributed by atoms with E-state index in [1.165, 1.54) is 0 Å². The first kappa shape index (κ1) is 14.3. The van der Waals surface area contributed by atoms with Crippen LogP contribution in [0, 0.1) is 0 Å². The van der Waals surface area contributed by atoms with Crippen LogP contribution in [0.3, 0.4) is 0 Å². The van der Waals surface area contributed by atoms with Gasteiger partial charge < -0.3 is 13.9 Å². The lowest BCUT2D eigenvalue weighted by molar-refractivity contribution is 0.502. The highest BCUT2D eigenvalue weighted by molar-refractivity contribution is 5.70. The highest BCUT2D eigenvalue weighted by Crippen LogP contribution is 2.19. The highest BCUT2D eigenvalue weighted by atomic mass is 16.4. The van der Waals surface area contributed by atoms with Gasteiger partial charge in [-0.1, -0.05) is 18.2 Å². The van der Waals surface area contributed by atoms with Crippen LogP contribution in [0.5, 0.6) is 0 Å². The minimum Gasteiger partial charge on any atom is -0.419 e. The van der Waals surface area contributed by atoms with Crippen molar-refractivity contribution < 1.29 is 4.42 Å². The summed E-state index contributed by atoms with van der Waals surface area (Å²) in [6.45, 7) is 0.420. The van der Waals surface area contributed by atoms with Crippen LogP contribution in [0.1, 0.15) is 5.89 Å². The van der Waals surface area contributed by atoms with E-state index in [9.17, 15) is 0 Å². The third-order valence-electron chi connectivity index (χ3n) is 3.64. The number of rotatable bonds is 4. The SMILES string of the molecule is CN(Cc1nnc(-c2ccccc2)o1)c1ncc2ncn(C)c2n1. The molecule has 0 aliphatic heterocycles. The summed E-state index contributed by atoms with van der Waals surface area (Å²) < 4.78 is 7.58. The van der Waals surface area contributed by atoms with Crippen LogP contribution in [0.15, 0.2) is 47.3 Å². The Kier molecular flexibility index (Phi) is 3.42. The summed E-state index contributed by atoms with van der Waals surface area (Å²) in [5.41, 5.74) is 2.44. The van der Waals surface area contributed by atoms with Crippen LogP contribution < -0.4 is 4.90 Å². The van der Waals surface area contributed by atoms with E-state index < -0.39 is 0 Å².